The summed E-state index contributed by atoms with van der Waals surface area (Å²) in [6, 6.07) is 8.90. The van der Waals surface area contributed by atoms with Crippen molar-refractivity contribution in [3.8, 4) is 0 Å². The van der Waals surface area contributed by atoms with E-state index in [0.717, 1.165) is 58.5 Å². The summed E-state index contributed by atoms with van der Waals surface area (Å²) in [5, 5.41) is 3.17. The minimum absolute atomic E-state index is 0.218. The van der Waals surface area contributed by atoms with Crippen LogP contribution < -0.4 is 5.32 Å². The van der Waals surface area contributed by atoms with Crippen molar-refractivity contribution in [1.82, 2.24) is 10.2 Å². The average Bonchev–Trinajstić information content (AvgIpc) is 3.33. The fourth-order valence-corrected chi connectivity index (χ4v) is 4.70. The maximum Gasteiger partial charge on any atom is 0.220 e. The van der Waals surface area contributed by atoms with E-state index in [1.807, 2.05) is 0 Å². The number of piperidine rings is 1. The number of carbonyl (C=O) groups excluding carboxylic acids is 1. The van der Waals surface area contributed by atoms with E-state index in [1.165, 1.54) is 24.0 Å². The molecule has 1 amide bonds. The van der Waals surface area contributed by atoms with E-state index in [0.29, 0.717) is 12.0 Å². The molecule has 4 rings (SSSR count). The number of likely N-dealkylation sites (tertiary alicyclic amines) is 1. The van der Waals surface area contributed by atoms with E-state index in [1.54, 1.807) is 0 Å². The molecular formula is C22H32N2O2. The highest BCUT2D eigenvalue weighted by molar-refractivity contribution is 5.76. The molecule has 142 valence electrons. The molecule has 0 aromatic heterocycles. The Kier molecular flexibility index (Phi) is 5.32. The Bertz CT molecular complexity index is 626. The molecule has 2 aliphatic heterocycles. The van der Waals surface area contributed by atoms with E-state index in [2.05, 4.69) is 41.4 Å². The maximum absolute atomic E-state index is 12.0. The molecule has 4 nitrogen and oxygen atoms in total. The van der Waals surface area contributed by atoms with Crippen molar-refractivity contribution in [3.05, 3.63) is 35.4 Å². The van der Waals surface area contributed by atoms with Crippen LogP contribution in [-0.4, -0.2) is 43.2 Å². The zero-order chi connectivity index (χ0) is 18.0. The molecule has 1 saturated carbocycles. The third-order valence-corrected chi connectivity index (χ3v) is 6.49. The van der Waals surface area contributed by atoms with E-state index in [-0.39, 0.29) is 11.3 Å². The first-order chi connectivity index (χ1) is 12.6. The summed E-state index contributed by atoms with van der Waals surface area (Å²) in [7, 11) is 0. The van der Waals surface area contributed by atoms with Crippen LogP contribution in [0.4, 0.5) is 0 Å². The summed E-state index contributed by atoms with van der Waals surface area (Å²) in [6.07, 6.45) is 6.85. The van der Waals surface area contributed by atoms with Crippen molar-refractivity contribution in [2.45, 2.75) is 58.1 Å². The fourth-order valence-electron chi connectivity index (χ4n) is 4.70. The monoisotopic (exact) mass is 356 g/mol. The topological polar surface area (TPSA) is 41.6 Å². The lowest BCUT2D eigenvalue weighted by atomic mass is 9.74. The van der Waals surface area contributed by atoms with E-state index in [4.69, 9.17) is 4.74 Å². The van der Waals surface area contributed by atoms with Crippen molar-refractivity contribution in [2.75, 3.05) is 26.2 Å². The summed E-state index contributed by atoms with van der Waals surface area (Å²) < 4.78 is 6.07. The summed E-state index contributed by atoms with van der Waals surface area (Å²) in [6.45, 7) is 7.02. The zero-order valence-corrected chi connectivity index (χ0v) is 16.0. The Morgan fingerprint density at radius 2 is 2.08 bits per heavy atom. The molecule has 0 unspecified atom stereocenters. The van der Waals surface area contributed by atoms with Gasteiger partial charge in [0.05, 0.1) is 6.10 Å². The molecule has 3 fully saturated rings. The second kappa shape index (κ2) is 7.69. The SMILES string of the molecule is Cc1ccc(CN2CC[C@H]3OCC[C@@]3(CCNC(=O)CC3CC3)C2)cc1. The molecule has 0 radical (unpaired) electrons. The molecule has 2 atom stereocenters. The smallest absolute Gasteiger partial charge is 0.220 e. The van der Waals surface area contributed by atoms with Gasteiger partial charge in [0.25, 0.3) is 0 Å². The molecule has 0 spiro atoms. The number of hydrogen-bond acceptors (Lipinski definition) is 3. The van der Waals surface area contributed by atoms with Gasteiger partial charge < -0.3 is 10.1 Å². The van der Waals surface area contributed by atoms with Gasteiger partial charge in [0, 0.05) is 44.6 Å². The van der Waals surface area contributed by atoms with Crippen LogP contribution in [-0.2, 0) is 16.1 Å². The third-order valence-electron chi connectivity index (χ3n) is 6.49. The Hall–Kier alpha value is -1.39. The summed E-state index contributed by atoms with van der Waals surface area (Å²) in [5.74, 6) is 0.905. The molecule has 1 aromatic rings. The number of rotatable bonds is 7. The molecule has 26 heavy (non-hydrogen) atoms. The first-order valence-corrected chi connectivity index (χ1v) is 10.3. The Morgan fingerprint density at radius 3 is 2.85 bits per heavy atom. The molecule has 4 heteroatoms. The first kappa shape index (κ1) is 18.0. The predicted octanol–water partition coefficient (Wildman–Crippen LogP) is 3.28. The Labute approximate surface area is 157 Å². The highest BCUT2D eigenvalue weighted by atomic mass is 16.5. The molecule has 1 aliphatic carbocycles. The van der Waals surface area contributed by atoms with Gasteiger partial charge >= 0.3 is 0 Å². The fraction of sp³-hybridized carbons (Fsp3) is 0.682. The van der Waals surface area contributed by atoms with E-state index >= 15 is 0 Å². The van der Waals surface area contributed by atoms with Crippen molar-refractivity contribution < 1.29 is 9.53 Å². The summed E-state index contributed by atoms with van der Waals surface area (Å²) >= 11 is 0. The minimum atomic E-state index is 0.218. The van der Waals surface area contributed by atoms with Gasteiger partial charge in [0.1, 0.15) is 0 Å². The molecule has 0 bridgehead atoms. The lowest BCUT2D eigenvalue weighted by Gasteiger charge is -2.44. The van der Waals surface area contributed by atoms with Gasteiger partial charge in [0.15, 0.2) is 0 Å². The van der Waals surface area contributed by atoms with Gasteiger partial charge in [-0.05, 0) is 50.5 Å². The number of aryl methyl sites for hydroxylation is 1. The van der Waals surface area contributed by atoms with Gasteiger partial charge in [-0.2, -0.15) is 0 Å². The van der Waals surface area contributed by atoms with Crippen molar-refractivity contribution in [2.24, 2.45) is 11.3 Å². The van der Waals surface area contributed by atoms with Gasteiger partial charge in [-0.15, -0.1) is 0 Å². The quantitative estimate of drug-likeness (QED) is 0.815. The molecule has 1 aromatic carbocycles. The molecule has 1 N–H and O–H groups in total. The second-order valence-electron chi connectivity index (χ2n) is 8.70. The number of fused-ring (bicyclic) bond motifs is 1. The molecule has 3 aliphatic rings. The molecular weight excluding hydrogens is 324 g/mol. The third kappa shape index (κ3) is 4.29. The Morgan fingerprint density at radius 1 is 1.27 bits per heavy atom. The van der Waals surface area contributed by atoms with Gasteiger partial charge in [-0.25, -0.2) is 0 Å². The number of amides is 1. The van der Waals surface area contributed by atoms with Crippen LogP contribution in [0.15, 0.2) is 24.3 Å². The largest absolute Gasteiger partial charge is 0.378 e. The molecule has 2 heterocycles. The maximum atomic E-state index is 12.0. The van der Waals surface area contributed by atoms with Crippen molar-refractivity contribution in [1.29, 1.82) is 0 Å². The predicted molar refractivity (Wildman–Crippen MR) is 103 cm³/mol. The first-order valence-electron chi connectivity index (χ1n) is 10.3. The zero-order valence-electron chi connectivity index (χ0n) is 16.0. The summed E-state index contributed by atoms with van der Waals surface area (Å²) in [4.78, 5) is 14.6. The van der Waals surface area contributed by atoms with E-state index in [9.17, 15) is 4.79 Å². The lowest BCUT2D eigenvalue weighted by Crippen LogP contribution is -2.50. The normalized spacial score (nSPS) is 28.7. The van der Waals surface area contributed by atoms with Crippen LogP contribution in [0.2, 0.25) is 0 Å². The Balaban J connectivity index is 1.33. The van der Waals surface area contributed by atoms with Crippen LogP contribution in [0.1, 0.15) is 49.7 Å². The highest BCUT2D eigenvalue weighted by Gasteiger charge is 2.47. The number of nitrogens with zero attached hydrogens (tertiary/aromatic N) is 1. The average molecular weight is 357 g/mol. The van der Waals surface area contributed by atoms with Crippen LogP contribution in [0.5, 0.6) is 0 Å². The number of nitrogens with one attached hydrogen (secondary N) is 1. The second-order valence-corrected chi connectivity index (χ2v) is 8.70. The number of hydrogen-bond donors (Lipinski definition) is 1. The van der Waals surface area contributed by atoms with Gasteiger partial charge in [-0.1, -0.05) is 29.8 Å². The van der Waals surface area contributed by atoms with E-state index < -0.39 is 0 Å². The van der Waals surface area contributed by atoms with Gasteiger partial charge in [0.2, 0.25) is 5.91 Å². The number of carbonyl (C=O) groups is 1. The lowest BCUT2D eigenvalue weighted by molar-refractivity contribution is -0.121. The minimum Gasteiger partial charge on any atom is -0.378 e. The van der Waals surface area contributed by atoms with Gasteiger partial charge in [-0.3, -0.25) is 9.69 Å². The molecule has 2 saturated heterocycles. The summed E-state index contributed by atoms with van der Waals surface area (Å²) in [5.41, 5.74) is 2.92. The van der Waals surface area contributed by atoms with Crippen LogP contribution >= 0.6 is 0 Å². The standard InChI is InChI=1S/C22H32N2O2/c1-17-2-4-19(5-3-17)15-24-12-8-20-22(16-24,10-13-26-20)9-11-23-21(25)14-18-6-7-18/h2-5,18,20H,6-16H2,1H3,(H,23,25)/t20-,22+/m1/s1. The number of ether oxygens (including phenoxy) is 1. The van der Waals surface area contributed by atoms with Crippen molar-refractivity contribution >= 4 is 5.91 Å². The van der Waals surface area contributed by atoms with Crippen molar-refractivity contribution in [3.63, 3.8) is 0 Å². The highest BCUT2D eigenvalue weighted by Crippen LogP contribution is 2.43. The van der Waals surface area contributed by atoms with Crippen LogP contribution in [0, 0.1) is 18.3 Å². The number of benzene rings is 1. The van der Waals surface area contributed by atoms with Crippen LogP contribution in [0.25, 0.3) is 0 Å². The van der Waals surface area contributed by atoms with Crippen LogP contribution in [0.3, 0.4) is 0 Å².